The van der Waals surface area contributed by atoms with Crippen molar-refractivity contribution in [1.29, 1.82) is 0 Å². The Morgan fingerprint density at radius 2 is 2.12 bits per heavy atom. The molecule has 92 valence electrons. The molecule has 1 aliphatic rings. The summed E-state index contributed by atoms with van der Waals surface area (Å²) < 4.78 is 0. The van der Waals surface area contributed by atoms with E-state index in [0.717, 1.165) is 12.8 Å². The molecule has 0 bridgehead atoms. The standard InChI is InChI=1S/C13H18N2O2/c1-13(2)6-3-11(16)9-15(13)12(17)10-4-7-14-8-5-10/h4-5,7-8,11,16H,3,6,9H2,1-2H3. The lowest BCUT2D eigenvalue weighted by Gasteiger charge is -2.44. The first-order chi connectivity index (χ1) is 8.00. The summed E-state index contributed by atoms with van der Waals surface area (Å²) in [7, 11) is 0. The molecule has 1 saturated heterocycles. The van der Waals surface area contributed by atoms with Crippen LogP contribution in [0.25, 0.3) is 0 Å². The number of hydrogen-bond donors (Lipinski definition) is 1. The zero-order chi connectivity index (χ0) is 12.5. The van der Waals surface area contributed by atoms with E-state index in [1.165, 1.54) is 0 Å². The van der Waals surface area contributed by atoms with E-state index in [-0.39, 0.29) is 11.4 Å². The maximum absolute atomic E-state index is 12.3. The normalized spacial score (nSPS) is 23.5. The van der Waals surface area contributed by atoms with Gasteiger partial charge < -0.3 is 10.0 Å². The fourth-order valence-electron chi connectivity index (χ4n) is 2.21. The van der Waals surface area contributed by atoms with Crippen LogP contribution >= 0.6 is 0 Å². The number of carbonyl (C=O) groups excluding carboxylic acids is 1. The predicted molar refractivity (Wildman–Crippen MR) is 64.6 cm³/mol. The number of pyridine rings is 1. The van der Waals surface area contributed by atoms with Crippen molar-refractivity contribution in [1.82, 2.24) is 9.88 Å². The van der Waals surface area contributed by atoms with Crippen molar-refractivity contribution in [3.05, 3.63) is 30.1 Å². The number of rotatable bonds is 1. The molecule has 1 atom stereocenters. The second-order valence-electron chi connectivity index (χ2n) is 5.16. The van der Waals surface area contributed by atoms with E-state index in [1.807, 2.05) is 13.8 Å². The quantitative estimate of drug-likeness (QED) is 0.800. The predicted octanol–water partition coefficient (Wildman–Crippen LogP) is 1.46. The van der Waals surface area contributed by atoms with Crippen molar-refractivity contribution in [2.24, 2.45) is 0 Å². The van der Waals surface area contributed by atoms with Crippen molar-refractivity contribution in [3.8, 4) is 0 Å². The summed E-state index contributed by atoms with van der Waals surface area (Å²) in [4.78, 5) is 18.0. The Hall–Kier alpha value is -1.42. The van der Waals surface area contributed by atoms with Crippen LogP contribution in [0.1, 0.15) is 37.0 Å². The molecule has 4 nitrogen and oxygen atoms in total. The second kappa shape index (κ2) is 4.45. The van der Waals surface area contributed by atoms with Crippen LogP contribution in [-0.4, -0.2) is 39.1 Å². The maximum Gasteiger partial charge on any atom is 0.254 e. The number of amides is 1. The van der Waals surface area contributed by atoms with Crippen molar-refractivity contribution in [3.63, 3.8) is 0 Å². The second-order valence-corrected chi connectivity index (χ2v) is 5.16. The van der Waals surface area contributed by atoms with Gasteiger partial charge in [-0.25, -0.2) is 0 Å². The third kappa shape index (κ3) is 2.47. The van der Waals surface area contributed by atoms with Gasteiger partial charge in [-0.2, -0.15) is 0 Å². The summed E-state index contributed by atoms with van der Waals surface area (Å²) in [5, 5.41) is 9.70. The Morgan fingerprint density at radius 1 is 1.47 bits per heavy atom. The average Bonchev–Trinajstić information content (AvgIpc) is 2.33. The van der Waals surface area contributed by atoms with Gasteiger partial charge in [0.2, 0.25) is 0 Å². The molecular weight excluding hydrogens is 216 g/mol. The molecule has 0 aromatic carbocycles. The number of aliphatic hydroxyl groups is 1. The highest BCUT2D eigenvalue weighted by Crippen LogP contribution is 2.28. The monoisotopic (exact) mass is 234 g/mol. The van der Waals surface area contributed by atoms with E-state index in [0.29, 0.717) is 12.1 Å². The number of β-amino-alcohol motifs (C(OH)–C–C–N with tert-alkyl or cyclic N) is 1. The third-order valence-electron chi connectivity index (χ3n) is 3.39. The van der Waals surface area contributed by atoms with Gasteiger partial charge >= 0.3 is 0 Å². The molecule has 2 rings (SSSR count). The summed E-state index contributed by atoms with van der Waals surface area (Å²) in [6, 6.07) is 3.42. The molecule has 1 amide bonds. The first-order valence-electron chi connectivity index (χ1n) is 5.91. The third-order valence-corrected chi connectivity index (χ3v) is 3.39. The van der Waals surface area contributed by atoms with Gasteiger partial charge in [0, 0.05) is 30.0 Å². The molecule has 1 N–H and O–H groups in total. The van der Waals surface area contributed by atoms with Crippen molar-refractivity contribution < 1.29 is 9.90 Å². The number of aliphatic hydroxyl groups excluding tert-OH is 1. The summed E-state index contributed by atoms with van der Waals surface area (Å²) in [6.45, 7) is 4.49. The van der Waals surface area contributed by atoms with Gasteiger partial charge in [-0.15, -0.1) is 0 Å². The summed E-state index contributed by atoms with van der Waals surface area (Å²) in [6.07, 6.45) is 4.40. The van der Waals surface area contributed by atoms with Crippen LogP contribution in [0.5, 0.6) is 0 Å². The van der Waals surface area contributed by atoms with Crippen LogP contribution in [0.2, 0.25) is 0 Å². The van der Waals surface area contributed by atoms with Crippen LogP contribution in [0.3, 0.4) is 0 Å². The number of hydrogen-bond acceptors (Lipinski definition) is 3. The largest absolute Gasteiger partial charge is 0.391 e. The Bertz CT molecular complexity index is 403. The average molecular weight is 234 g/mol. The first kappa shape index (κ1) is 12.0. The Labute approximate surface area is 101 Å². The Morgan fingerprint density at radius 3 is 2.76 bits per heavy atom. The minimum absolute atomic E-state index is 0.0313. The fourth-order valence-corrected chi connectivity index (χ4v) is 2.21. The zero-order valence-corrected chi connectivity index (χ0v) is 10.3. The number of nitrogens with zero attached hydrogens (tertiary/aromatic N) is 2. The molecule has 2 heterocycles. The van der Waals surface area contributed by atoms with E-state index in [2.05, 4.69) is 4.98 Å². The summed E-state index contributed by atoms with van der Waals surface area (Å²) >= 11 is 0. The fraction of sp³-hybridized carbons (Fsp3) is 0.538. The van der Waals surface area contributed by atoms with Crippen LogP contribution in [0.4, 0.5) is 0 Å². The van der Waals surface area contributed by atoms with E-state index < -0.39 is 6.10 Å². The van der Waals surface area contributed by atoms with Crippen molar-refractivity contribution in [2.45, 2.75) is 38.3 Å². The summed E-state index contributed by atoms with van der Waals surface area (Å²) in [5.74, 6) is -0.0313. The van der Waals surface area contributed by atoms with Crippen LogP contribution in [-0.2, 0) is 0 Å². The molecule has 1 aromatic rings. The molecule has 0 spiro atoms. The van der Waals surface area contributed by atoms with Gasteiger partial charge in [0.1, 0.15) is 0 Å². The minimum Gasteiger partial charge on any atom is -0.391 e. The highest BCUT2D eigenvalue weighted by molar-refractivity contribution is 5.94. The smallest absolute Gasteiger partial charge is 0.254 e. The molecule has 4 heteroatoms. The van der Waals surface area contributed by atoms with Crippen LogP contribution in [0.15, 0.2) is 24.5 Å². The van der Waals surface area contributed by atoms with E-state index in [1.54, 1.807) is 29.4 Å². The van der Waals surface area contributed by atoms with Crippen LogP contribution < -0.4 is 0 Å². The van der Waals surface area contributed by atoms with E-state index in [9.17, 15) is 9.90 Å². The van der Waals surface area contributed by atoms with Crippen molar-refractivity contribution in [2.75, 3.05) is 6.54 Å². The molecule has 17 heavy (non-hydrogen) atoms. The van der Waals surface area contributed by atoms with Gasteiger partial charge in [0.05, 0.1) is 6.10 Å². The lowest BCUT2D eigenvalue weighted by Crippen LogP contribution is -2.54. The highest BCUT2D eigenvalue weighted by Gasteiger charge is 2.36. The number of likely N-dealkylation sites (tertiary alicyclic amines) is 1. The summed E-state index contributed by atoms with van der Waals surface area (Å²) in [5.41, 5.74) is 0.432. The van der Waals surface area contributed by atoms with Gasteiger partial charge in [-0.05, 0) is 38.8 Å². The van der Waals surface area contributed by atoms with Gasteiger partial charge in [-0.1, -0.05) is 0 Å². The van der Waals surface area contributed by atoms with E-state index >= 15 is 0 Å². The molecule has 1 fully saturated rings. The number of aromatic nitrogens is 1. The van der Waals surface area contributed by atoms with Gasteiger partial charge in [-0.3, -0.25) is 9.78 Å². The van der Waals surface area contributed by atoms with Crippen LogP contribution in [0, 0.1) is 0 Å². The first-order valence-corrected chi connectivity index (χ1v) is 5.91. The lowest BCUT2D eigenvalue weighted by atomic mass is 9.88. The molecular formula is C13H18N2O2. The Balaban J connectivity index is 2.23. The molecule has 0 saturated carbocycles. The van der Waals surface area contributed by atoms with Gasteiger partial charge in [0.15, 0.2) is 0 Å². The number of carbonyl (C=O) groups is 1. The molecule has 1 aliphatic heterocycles. The molecule has 1 aromatic heterocycles. The topological polar surface area (TPSA) is 53.4 Å². The minimum atomic E-state index is -0.409. The molecule has 0 aliphatic carbocycles. The Kier molecular flexibility index (Phi) is 3.15. The maximum atomic E-state index is 12.3. The SMILES string of the molecule is CC1(C)CCC(O)CN1C(=O)c1ccncc1. The van der Waals surface area contributed by atoms with Crippen molar-refractivity contribution >= 4 is 5.91 Å². The zero-order valence-electron chi connectivity index (χ0n) is 10.3. The lowest BCUT2D eigenvalue weighted by molar-refractivity contribution is 0.00153. The molecule has 1 unspecified atom stereocenters. The highest BCUT2D eigenvalue weighted by atomic mass is 16.3. The number of piperidine rings is 1. The van der Waals surface area contributed by atoms with E-state index in [4.69, 9.17) is 0 Å². The molecule has 0 radical (unpaired) electrons. The van der Waals surface area contributed by atoms with Gasteiger partial charge in [0.25, 0.3) is 5.91 Å².